The summed E-state index contributed by atoms with van der Waals surface area (Å²) < 4.78 is 34.7. The Bertz CT molecular complexity index is 1040. The van der Waals surface area contributed by atoms with E-state index in [4.69, 9.17) is 0 Å². The molecule has 2 aromatic carbocycles. The van der Waals surface area contributed by atoms with Gasteiger partial charge in [-0.25, -0.2) is 4.68 Å². The van der Waals surface area contributed by atoms with Crippen LogP contribution in [0.5, 0.6) is 0 Å². The van der Waals surface area contributed by atoms with E-state index in [1.54, 1.807) is 16.8 Å². The van der Waals surface area contributed by atoms with Crippen molar-refractivity contribution in [3.05, 3.63) is 76.6 Å². The Morgan fingerprint density at radius 1 is 1.04 bits per heavy atom. The molecule has 0 aliphatic rings. The van der Waals surface area contributed by atoms with E-state index in [9.17, 15) is 13.0 Å². The molecule has 0 fully saturated rings. The summed E-state index contributed by atoms with van der Waals surface area (Å²) >= 11 is 0. The van der Waals surface area contributed by atoms with Gasteiger partial charge in [-0.05, 0) is 62.1 Å². The lowest BCUT2D eigenvalue weighted by molar-refractivity contribution is 0.482. The largest absolute Gasteiger partial charge is 0.296 e. The van der Waals surface area contributed by atoms with Crippen molar-refractivity contribution in [2.24, 2.45) is 0 Å². The van der Waals surface area contributed by atoms with E-state index in [0.29, 0.717) is 12.1 Å². The van der Waals surface area contributed by atoms with Crippen molar-refractivity contribution in [1.82, 2.24) is 9.78 Å². The maximum absolute atomic E-state index is 11.8. The fourth-order valence-corrected chi connectivity index (χ4v) is 3.61. The average Bonchev–Trinajstić information content (AvgIpc) is 2.87. The maximum atomic E-state index is 11.8. The number of aryl methyl sites for hydroxylation is 3. The van der Waals surface area contributed by atoms with Gasteiger partial charge in [0.15, 0.2) is 0 Å². The smallest absolute Gasteiger partial charge is 0.282 e. The lowest BCUT2D eigenvalue weighted by atomic mass is 10.0. The van der Waals surface area contributed by atoms with Gasteiger partial charge in [-0.15, -0.1) is 0 Å². The Hall–Kier alpha value is -2.44. The first-order valence-corrected chi connectivity index (χ1v) is 9.38. The molecule has 1 N–H and O–H groups in total. The molecular weight excluding hydrogens is 336 g/mol. The molecule has 0 spiro atoms. The first-order valence-electron chi connectivity index (χ1n) is 7.94. The van der Waals surface area contributed by atoms with Crippen LogP contribution in [0.1, 0.15) is 28.1 Å². The van der Waals surface area contributed by atoms with Gasteiger partial charge in [-0.2, -0.15) is 13.5 Å². The van der Waals surface area contributed by atoms with Crippen molar-refractivity contribution in [2.45, 2.75) is 32.1 Å². The van der Waals surface area contributed by atoms with Gasteiger partial charge in [0.05, 0.1) is 11.4 Å². The minimum absolute atomic E-state index is 0.146. The van der Waals surface area contributed by atoms with Crippen LogP contribution in [0.2, 0.25) is 0 Å². The number of hydrogen-bond acceptors (Lipinski definition) is 3. The van der Waals surface area contributed by atoms with Crippen LogP contribution in [0.25, 0.3) is 5.69 Å². The molecule has 25 heavy (non-hydrogen) atoms. The molecule has 0 saturated carbocycles. The summed E-state index contributed by atoms with van der Waals surface area (Å²) in [5.74, 6) is 0. The topological polar surface area (TPSA) is 72.2 Å². The summed E-state index contributed by atoms with van der Waals surface area (Å²) in [5.41, 5.74) is 5.23. The molecule has 5 nitrogen and oxygen atoms in total. The van der Waals surface area contributed by atoms with E-state index in [2.05, 4.69) is 11.2 Å². The Labute approximate surface area is 147 Å². The zero-order chi connectivity index (χ0) is 18.2. The summed E-state index contributed by atoms with van der Waals surface area (Å²) in [5, 5.41) is 4.36. The maximum Gasteiger partial charge on any atom is 0.296 e. The average molecular weight is 356 g/mol. The molecule has 1 aromatic heterocycles. The minimum Gasteiger partial charge on any atom is -0.282 e. The van der Waals surface area contributed by atoms with E-state index >= 15 is 0 Å². The number of hydrogen-bond donors (Lipinski definition) is 1. The van der Waals surface area contributed by atoms with Crippen LogP contribution < -0.4 is 0 Å². The summed E-state index contributed by atoms with van der Waals surface area (Å²) in [7, 11) is -4.35. The predicted octanol–water partition coefficient (Wildman–Crippen LogP) is 3.64. The van der Waals surface area contributed by atoms with Crippen LogP contribution in [0.15, 0.2) is 53.4 Å². The van der Waals surface area contributed by atoms with Crippen LogP contribution in [-0.4, -0.2) is 22.8 Å². The van der Waals surface area contributed by atoms with Crippen LogP contribution in [0, 0.1) is 20.8 Å². The molecule has 6 heteroatoms. The van der Waals surface area contributed by atoms with Crippen molar-refractivity contribution in [1.29, 1.82) is 0 Å². The van der Waals surface area contributed by atoms with Gasteiger partial charge in [-0.3, -0.25) is 4.55 Å². The Kier molecular flexibility index (Phi) is 4.49. The fraction of sp³-hybridized carbons (Fsp3) is 0.211. The normalized spacial score (nSPS) is 11.7. The van der Waals surface area contributed by atoms with Crippen molar-refractivity contribution in [2.75, 3.05) is 0 Å². The van der Waals surface area contributed by atoms with Crippen LogP contribution in [-0.2, 0) is 16.5 Å². The molecule has 0 unspecified atom stereocenters. The second kappa shape index (κ2) is 6.46. The van der Waals surface area contributed by atoms with Gasteiger partial charge in [-0.1, -0.05) is 30.3 Å². The van der Waals surface area contributed by atoms with Gasteiger partial charge in [0, 0.05) is 5.69 Å². The summed E-state index contributed by atoms with van der Waals surface area (Å²) in [6, 6.07) is 14.9. The highest BCUT2D eigenvalue weighted by Gasteiger charge is 2.19. The van der Waals surface area contributed by atoms with E-state index in [1.165, 1.54) is 17.2 Å². The first kappa shape index (κ1) is 17.4. The van der Waals surface area contributed by atoms with E-state index < -0.39 is 10.1 Å². The molecule has 0 atom stereocenters. The second-order valence-corrected chi connectivity index (χ2v) is 7.61. The Balaban J connectivity index is 2.14. The number of rotatable bonds is 4. The van der Waals surface area contributed by atoms with Crippen LogP contribution >= 0.6 is 0 Å². The predicted molar refractivity (Wildman–Crippen MR) is 96.8 cm³/mol. The van der Waals surface area contributed by atoms with Crippen molar-refractivity contribution >= 4 is 10.1 Å². The van der Waals surface area contributed by atoms with Gasteiger partial charge in [0.1, 0.15) is 4.90 Å². The number of nitrogens with zero attached hydrogens (tertiary/aromatic N) is 2. The number of benzene rings is 2. The number of aromatic nitrogens is 2. The van der Waals surface area contributed by atoms with E-state index in [1.807, 2.05) is 45.0 Å². The van der Waals surface area contributed by atoms with Gasteiger partial charge in [0.2, 0.25) is 0 Å². The van der Waals surface area contributed by atoms with E-state index in [-0.39, 0.29) is 4.90 Å². The van der Waals surface area contributed by atoms with Crippen molar-refractivity contribution in [3.8, 4) is 5.69 Å². The molecule has 0 bridgehead atoms. The van der Waals surface area contributed by atoms with Crippen molar-refractivity contribution in [3.63, 3.8) is 0 Å². The zero-order valence-corrected chi connectivity index (χ0v) is 15.2. The van der Waals surface area contributed by atoms with E-state index in [0.717, 1.165) is 17.0 Å². The molecule has 0 aliphatic heterocycles. The molecular formula is C19H20N2O3S. The highest BCUT2D eigenvalue weighted by atomic mass is 32.2. The molecule has 130 valence electrons. The Morgan fingerprint density at radius 2 is 1.76 bits per heavy atom. The standard InChI is InChI=1S/C19H20N2O3S/c1-13-6-4-5-7-17(13)11-16-8-9-19(25(22,23)24)18(12-16)21-15(3)10-14(2)20-21/h4-10,12H,11H2,1-3H3,(H,22,23,24). The monoisotopic (exact) mass is 356 g/mol. The highest BCUT2D eigenvalue weighted by Crippen LogP contribution is 2.25. The van der Waals surface area contributed by atoms with Gasteiger partial charge in [0.25, 0.3) is 10.1 Å². The first-order chi connectivity index (χ1) is 11.8. The lowest BCUT2D eigenvalue weighted by Gasteiger charge is -2.12. The zero-order valence-electron chi connectivity index (χ0n) is 14.4. The SMILES string of the molecule is Cc1cc(C)n(-c2cc(Cc3ccccc3C)ccc2S(=O)(=O)O)n1. The summed E-state index contributed by atoms with van der Waals surface area (Å²) in [6.07, 6.45) is 0.671. The summed E-state index contributed by atoms with van der Waals surface area (Å²) in [4.78, 5) is -0.146. The second-order valence-electron chi connectivity index (χ2n) is 6.22. The molecule has 0 saturated heterocycles. The third-order valence-corrected chi connectivity index (χ3v) is 5.10. The third-order valence-electron chi connectivity index (χ3n) is 4.19. The molecule has 1 heterocycles. The van der Waals surface area contributed by atoms with Crippen LogP contribution in [0.4, 0.5) is 0 Å². The molecule has 3 rings (SSSR count). The van der Waals surface area contributed by atoms with Crippen LogP contribution in [0.3, 0.4) is 0 Å². The quantitative estimate of drug-likeness (QED) is 0.725. The Morgan fingerprint density at radius 3 is 2.36 bits per heavy atom. The van der Waals surface area contributed by atoms with Crippen molar-refractivity contribution < 1.29 is 13.0 Å². The molecule has 0 radical (unpaired) electrons. The third kappa shape index (κ3) is 3.65. The molecule has 3 aromatic rings. The summed E-state index contributed by atoms with van der Waals surface area (Å²) in [6.45, 7) is 5.74. The minimum atomic E-state index is -4.35. The van der Waals surface area contributed by atoms with Gasteiger partial charge < -0.3 is 0 Å². The lowest BCUT2D eigenvalue weighted by Crippen LogP contribution is -2.09. The highest BCUT2D eigenvalue weighted by molar-refractivity contribution is 7.86. The fourth-order valence-electron chi connectivity index (χ4n) is 2.96. The molecule has 0 aliphatic carbocycles. The van der Waals surface area contributed by atoms with Gasteiger partial charge >= 0.3 is 0 Å². The molecule has 0 amide bonds.